The molecule has 0 saturated carbocycles. The van der Waals surface area contributed by atoms with Crippen LogP contribution >= 0.6 is 0 Å². The van der Waals surface area contributed by atoms with Gasteiger partial charge in [-0.25, -0.2) is 0 Å². The average Bonchev–Trinajstić information content (AvgIpc) is 2.96. The molecule has 0 aliphatic rings. The molecular weight excluding hydrogens is 286 g/mol. The van der Waals surface area contributed by atoms with E-state index >= 15 is 0 Å². The lowest BCUT2D eigenvalue weighted by Gasteiger charge is -2.14. The fourth-order valence-electron chi connectivity index (χ4n) is 2.06. The van der Waals surface area contributed by atoms with Crippen LogP contribution in [0.2, 0.25) is 0 Å². The lowest BCUT2D eigenvalue weighted by atomic mass is 10.0. The van der Waals surface area contributed by atoms with Crippen LogP contribution in [0.3, 0.4) is 0 Å². The van der Waals surface area contributed by atoms with Crippen molar-refractivity contribution in [1.82, 2.24) is 5.32 Å². The van der Waals surface area contributed by atoms with Crippen molar-refractivity contribution in [2.75, 3.05) is 0 Å². The molecule has 1 aromatic heterocycles. The number of hydrogen-bond donors (Lipinski definition) is 2. The van der Waals surface area contributed by atoms with Gasteiger partial charge in [0.25, 0.3) is 11.6 Å². The number of nitrogens with two attached hydrogens (primary N) is 1. The van der Waals surface area contributed by atoms with Crippen molar-refractivity contribution in [2.24, 2.45) is 5.73 Å². The number of nitro groups is 1. The van der Waals surface area contributed by atoms with E-state index in [2.05, 4.69) is 5.32 Å². The molecule has 1 amide bonds. The van der Waals surface area contributed by atoms with Gasteiger partial charge in [0, 0.05) is 11.6 Å². The third kappa shape index (κ3) is 3.32. The van der Waals surface area contributed by atoms with Crippen LogP contribution in [0.15, 0.2) is 34.9 Å². The molecule has 22 heavy (non-hydrogen) atoms. The summed E-state index contributed by atoms with van der Waals surface area (Å²) >= 11 is 0. The number of carbonyl (C=O) groups excluding carboxylic acids is 1. The predicted octanol–water partition coefficient (Wildman–Crippen LogP) is 2.45. The van der Waals surface area contributed by atoms with Crippen LogP contribution in [0.5, 0.6) is 0 Å². The number of furan rings is 1. The van der Waals surface area contributed by atoms with Gasteiger partial charge in [0.15, 0.2) is 0 Å². The number of amides is 1. The highest BCUT2D eigenvalue weighted by Gasteiger charge is 2.17. The second kappa shape index (κ2) is 6.40. The van der Waals surface area contributed by atoms with Gasteiger partial charge in [0.05, 0.1) is 23.1 Å². The smallest absolute Gasteiger partial charge is 0.272 e. The number of nitrogens with one attached hydrogen (secondary N) is 1. The Hall–Kier alpha value is -2.67. The summed E-state index contributed by atoms with van der Waals surface area (Å²) in [5.41, 5.74) is 7.07. The SMILES string of the molecule is Cc1ccc(C(C)NC(=O)c2coc(CN)c2)cc1[N+](=O)[O-]. The summed E-state index contributed by atoms with van der Waals surface area (Å²) in [5, 5.41) is 13.7. The first-order valence-corrected chi connectivity index (χ1v) is 6.75. The van der Waals surface area contributed by atoms with Crippen LogP contribution in [0, 0.1) is 17.0 Å². The maximum Gasteiger partial charge on any atom is 0.272 e. The molecule has 116 valence electrons. The molecule has 1 aromatic carbocycles. The molecule has 1 heterocycles. The van der Waals surface area contributed by atoms with Crippen LogP contribution in [0.4, 0.5) is 5.69 Å². The van der Waals surface area contributed by atoms with E-state index in [-0.39, 0.29) is 24.2 Å². The lowest BCUT2D eigenvalue weighted by molar-refractivity contribution is -0.385. The molecule has 1 atom stereocenters. The molecule has 0 aliphatic heterocycles. The molecule has 0 saturated heterocycles. The Morgan fingerprint density at radius 1 is 1.45 bits per heavy atom. The number of benzene rings is 1. The third-order valence-corrected chi connectivity index (χ3v) is 3.39. The van der Waals surface area contributed by atoms with Crippen LogP contribution in [0.25, 0.3) is 0 Å². The Kier molecular flexibility index (Phi) is 4.57. The summed E-state index contributed by atoms with van der Waals surface area (Å²) in [6, 6.07) is 6.10. The van der Waals surface area contributed by atoms with Gasteiger partial charge in [-0.3, -0.25) is 14.9 Å². The number of aryl methyl sites for hydroxylation is 1. The Balaban J connectivity index is 2.14. The molecule has 0 spiro atoms. The predicted molar refractivity (Wildman–Crippen MR) is 80.3 cm³/mol. The lowest BCUT2D eigenvalue weighted by Crippen LogP contribution is -2.26. The maximum atomic E-state index is 12.1. The van der Waals surface area contributed by atoms with Crippen LogP contribution < -0.4 is 11.1 Å². The molecular formula is C15H17N3O4. The molecule has 3 N–H and O–H groups in total. The van der Waals surface area contributed by atoms with E-state index in [1.54, 1.807) is 32.0 Å². The quantitative estimate of drug-likeness (QED) is 0.651. The van der Waals surface area contributed by atoms with E-state index in [0.29, 0.717) is 22.5 Å². The Morgan fingerprint density at radius 3 is 2.77 bits per heavy atom. The van der Waals surface area contributed by atoms with Crippen molar-refractivity contribution in [3.8, 4) is 0 Å². The van der Waals surface area contributed by atoms with Gasteiger partial charge in [0.1, 0.15) is 12.0 Å². The minimum absolute atomic E-state index is 0.0346. The second-order valence-corrected chi connectivity index (χ2v) is 5.00. The minimum atomic E-state index is -0.434. The van der Waals surface area contributed by atoms with Gasteiger partial charge in [0.2, 0.25) is 0 Å². The number of nitrogens with zero attached hydrogens (tertiary/aromatic N) is 1. The molecule has 0 radical (unpaired) electrons. The fourth-order valence-corrected chi connectivity index (χ4v) is 2.06. The maximum absolute atomic E-state index is 12.1. The largest absolute Gasteiger partial charge is 0.467 e. The van der Waals surface area contributed by atoms with Crippen molar-refractivity contribution >= 4 is 11.6 Å². The van der Waals surface area contributed by atoms with Crippen molar-refractivity contribution in [3.05, 3.63) is 63.1 Å². The van der Waals surface area contributed by atoms with Gasteiger partial charge in [-0.1, -0.05) is 12.1 Å². The zero-order valence-electron chi connectivity index (χ0n) is 12.3. The number of carbonyl (C=O) groups is 1. The first-order valence-electron chi connectivity index (χ1n) is 6.75. The average molecular weight is 303 g/mol. The normalized spacial score (nSPS) is 12.0. The standard InChI is InChI=1S/C15H17N3O4/c1-9-3-4-11(6-14(9)18(20)21)10(2)17-15(19)12-5-13(7-16)22-8-12/h3-6,8,10H,7,16H2,1-2H3,(H,17,19). The highest BCUT2D eigenvalue weighted by atomic mass is 16.6. The summed E-state index contributed by atoms with van der Waals surface area (Å²) in [6.45, 7) is 3.65. The number of nitro benzene ring substituents is 1. The molecule has 1 unspecified atom stereocenters. The van der Waals surface area contributed by atoms with Gasteiger partial charge in [-0.2, -0.15) is 0 Å². The highest BCUT2D eigenvalue weighted by molar-refractivity contribution is 5.94. The van der Waals surface area contributed by atoms with Crippen LogP contribution in [0.1, 0.15) is 40.2 Å². The Morgan fingerprint density at radius 2 is 2.18 bits per heavy atom. The van der Waals surface area contributed by atoms with E-state index in [1.165, 1.54) is 12.3 Å². The summed E-state index contributed by atoms with van der Waals surface area (Å²) in [6.07, 6.45) is 1.34. The van der Waals surface area contributed by atoms with E-state index < -0.39 is 4.92 Å². The first kappa shape index (κ1) is 15.7. The van der Waals surface area contributed by atoms with Crippen molar-refractivity contribution in [1.29, 1.82) is 0 Å². The Labute approximate surface area is 127 Å². The summed E-state index contributed by atoms with van der Waals surface area (Å²) < 4.78 is 5.11. The molecule has 2 rings (SSSR count). The summed E-state index contributed by atoms with van der Waals surface area (Å²) in [7, 11) is 0. The zero-order valence-corrected chi connectivity index (χ0v) is 12.3. The molecule has 7 nitrogen and oxygen atoms in total. The summed E-state index contributed by atoms with van der Waals surface area (Å²) in [4.78, 5) is 22.6. The van der Waals surface area contributed by atoms with E-state index in [9.17, 15) is 14.9 Å². The minimum Gasteiger partial charge on any atom is -0.467 e. The molecule has 7 heteroatoms. The van der Waals surface area contributed by atoms with Crippen molar-refractivity contribution < 1.29 is 14.1 Å². The van der Waals surface area contributed by atoms with E-state index in [0.717, 1.165) is 0 Å². The molecule has 0 fully saturated rings. The Bertz CT molecular complexity index is 709. The van der Waals surface area contributed by atoms with Gasteiger partial charge in [-0.15, -0.1) is 0 Å². The zero-order chi connectivity index (χ0) is 16.3. The number of hydrogen-bond acceptors (Lipinski definition) is 5. The van der Waals surface area contributed by atoms with Crippen molar-refractivity contribution in [3.63, 3.8) is 0 Å². The van der Waals surface area contributed by atoms with Crippen molar-refractivity contribution in [2.45, 2.75) is 26.4 Å². The molecule has 0 bridgehead atoms. The third-order valence-electron chi connectivity index (χ3n) is 3.39. The topological polar surface area (TPSA) is 111 Å². The fraction of sp³-hybridized carbons (Fsp3) is 0.267. The van der Waals surface area contributed by atoms with Crippen LogP contribution in [-0.2, 0) is 6.54 Å². The number of rotatable bonds is 5. The van der Waals surface area contributed by atoms with E-state index in [4.69, 9.17) is 10.2 Å². The van der Waals surface area contributed by atoms with Gasteiger partial charge >= 0.3 is 0 Å². The van der Waals surface area contributed by atoms with Crippen LogP contribution in [-0.4, -0.2) is 10.8 Å². The summed E-state index contributed by atoms with van der Waals surface area (Å²) in [5.74, 6) is 0.197. The van der Waals surface area contributed by atoms with Gasteiger partial charge < -0.3 is 15.5 Å². The monoisotopic (exact) mass is 303 g/mol. The second-order valence-electron chi connectivity index (χ2n) is 5.00. The molecule has 2 aromatic rings. The first-order chi connectivity index (χ1) is 10.4. The van der Waals surface area contributed by atoms with E-state index in [1.807, 2.05) is 0 Å². The molecule has 0 aliphatic carbocycles. The highest BCUT2D eigenvalue weighted by Crippen LogP contribution is 2.23. The van der Waals surface area contributed by atoms with Gasteiger partial charge in [-0.05, 0) is 25.5 Å².